The molecule has 0 saturated carbocycles. The van der Waals surface area contributed by atoms with E-state index in [-0.39, 0.29) is 6.10 Å². The summed E-state index contributed by atoms with van der Waals surface area (Å²) in [6, 6.07) is 12.3. The van der Waals surface area contributed by atoms with Crippen LogP contribution >= 0.6 is 15.9 Å². The lowest BCUT2D eigenvalue weighted by molar-refractivity contribution is 0.0553. The monoisotopic (exact) mass is 308 g/mol. The predicted molar refractivity (Wildman–Crippen MR) is 78.2 cm³/mol. The highest BCUT2D eigenvalue weighted by Crippen LogP contribution is 2.24. The van der Waals surface area contributed by atoms with Crippen molar-refractivity contribution in [3.63, 3.8) is 0 Å². The lowest BCUT2D eigenvalue weighted by Gasteiger charge is -2.10. The Kier molecular flexibility index (Phi) is 4.61. The van der Waals surface area contributed by atoms with Gasteiger partial charge in [-0.15, -0.1) is 0 Å². The van der Waals surface area contributed by atoms with Crippen LogP contribution in [0.3, 0.4) is 0 Å². The van der Waals surface area contributed by atoms with E-state index in [9.17, 15) is 0 Å². The highest BCUT2D eigenvalue weighted by atomic mass is 79.9. The smallest absolute Gasteiger partial charge is 0.120 e. The number of fused-ring (bicyclic) bond motifs is 1. The van der Waals surface area contributed by atoms with Crippen LogP contribution in [0, 0.1) is 0 Å². The minimum absolute atomic E-state index is 0.252. The zero-order valence-corrected chi connectivity index (χ0v) is 12.2. The van der Waals surface area contributed by atoms with E-state index in [4.69, 9.17) is 9.47 Å². The minimum Gasteiger partial charge on any atom is -0.491 e. The second kappa shape index (κ2) is 6.21. The molecule has 18 heavy (non-hydrogen) atoms. The second-order valence-electron chi connectivity index (χ2n) is 4.42. The molecule has 0 unspecified atom stereocenters. The van der Waals surface area contributed by atoms with E-state index in [1.54, 1.807) is 0 Å². The summed E-state index contributed by atoms with van der Waals surface area (Å²) in [7, 11) is 0. The molecule has 0 aliphatic carbocycles. The predicted octanol–water partition coefficient (Wildman–Crippen LogP) is 4.41. The van der Waals surface area contributed by atoms with Gasteiger partial charge in [0.25, 0.3) is 0 Å². The number of halogens is 1. The fraction of sp³-hybridized carbons (Fsp3) is 0.333. The molecule has 0 heterocycles. The molecule has 96 valence electrons. The standard InChI is InChI=1S/C15H17BrO2/c1-11(2)17-7-8-18-15-6-4-12-9-14(16)5-3-13(12)10-15/h3-6,9-11H,7-8H2,1-2H3. The summed E-state index contributed by atoms with van der Waals surface area (Å²) in [6.45, 7) is 5.25. The summed E-state index contributed by atoms with van der Waals surface area (Å²) >= 11 is 3.47. The van der Waals surface area contributed by atoms with Gasteiger partial charge in [0.1, 0.15) is 12.4 Å². The van der Waals surface area contributed by atoms with E-state index >= 15 is 0 Å². The number of ether oxygens (including phenoxy) is 2. The Hall–Kier alpha value is -1.06. The first-order valence-electron chi connectivity index (χ1n) is 6.09. The summed E-state index contributed by atoms with van der Waals surface area (Å²) in [5.74, 6) is 0.886. The summed E-state index contributed by atoms with van der Waals surface area (Å²) in [5.41, 5.74) is 0. The lowest BCUT2D eigenvalue weighted by atomic mass is 10.1. The summed E-state index contributed by atoms with van der Waals surface area (Å²) in [4.78, 5) is 0. The molecule has 0 aromatic heterocycles. The Morgan fingerprint density at radius 3 is 2.50 bits per heavy atom. The average molecular weight is 309 g/mol. The van der Waals surface area contributed by atoms with Gasteiger partial charge in [0.15, 0.2) is 0 Å². The first-order valence-corrected chi connectivity index (χ1v) is 6.88. The van der Waals surface area contributed by atoms with Gasteiger partial charge in [-0.3, -0.25) is 0 Å². The van der Waals surface area contributed by atoms with Crippen LogP contribution in [0.2, 0.25) is 0 Å². The molecule has 2 nitrogen and oxygen atoms in total. The zero-order valence-electron chi connectivity index (χ0n) is 10.7. The van der Waals surface area contributed by atoms with Gasteiger partial charge in [0, 0.05) is 4.47 Å². The summed E-state index contributed by atoms with van der Waals surface area (Å²) < 4.78 is 12.2. The van der Waals surface area contributed by atoms with E-state index in [2.05, 4.69) is 40.2 Å². The molecule has 0 amide bonds. The molecular formula is C15H17BrO2. The Morgan fingerprint density at radius 1 is 1.00 bits per heavy atom. The lowest BCUT2D eigenvalue weighted by Crippen LogP contribution is -2.11. The first kappa shape index (κ1) is 13.4. The van der Waals surface area contributed by atoms with Crippen molar-refractivity contribution in [1.82, 2.24) is 0 Å². The zero-order chi connectivity index (χ0) is 13.0. The van der Waals surface area contributed by atoms with Crippen LogP contribution in [0.5, 0.6) is 5.75 Å². The molecule has 2 aromatic carbocycles. The van der Waals surface area contributed by atoms with Crippen molar-refractivity contribution < 1.29 is 9.47 Å². The minimum atomic E-state index is 0.252. The van der Waals surface area contributed by atoms with Gasteiger partial charge in [-0.25, -0.2) is 0 Å². The molecule has 0 atom stereocenters. The van der Waals surface area contributed by atoms with Crippen LogP contribution in [-0.2, 0) is 4.74 Å². The van der Waals surface area contributed by atoms with E-state index in [1.807, 2.05) is 26.0 Å². The number of hydrogen-bond acceptors (Lipinski definition) is 2. The molecule has 0 fully saturated rings. The van der Waals surface area contributed by atoms with Crippen LogP contribution in [0.25, 0.3) is 10.8 Å². The van der Waals surface area contributed by atoms with Crippen LogP contribution in [0.15, 0.2) is 40.9 Å². The van der Waals surface area contributed by atoms with Crippen molar-refractivity contribution in [2.45, 2.75) is 20.0 Å². The fourth-order valence-corrected chi connectivity index (χ4v) is 2.11. The van der Waals surface area contributed by atoms with Gasteiger partial charge in [-0.05, 0) is 48.9 Å². The largest absolute Gasteiger partial charge is 0.491 e. The molecule has 3 heteroatoms. The van der Waals surface area contributed by atoms with Crippen molar-refractivity contribution in [2.75, 3.05) is 13.2 Å². The van der Waals surface area contributed by atoms with E-state index < -0.39 is 0 Å². The molecule has 0 spiro atoms. The molecule has 0 aliphatic heterocycles. The second-order valence-corrected chi connectivity index (χ2v) is 5.34. The normalized spacial score (nSPS) is 11.1. The highest BCUT2D eigenvalue weighted by molar-refractivity contribution is 9.10. The maximum atomic E-state index is 5.66. The van der Waals surface area contributed by atoms with E-state index in [0.717, 1.165) is 10.2 Å². The maximum Gasteiger partial charge on any atom is 0.120 e. The third-order valence-electron chi connectivity index (χ3n) is 2.58. The third-order valence-corrected chi connectivity index (χ3v) is 3.07. The van der Waals surface area contributed by atoms with Gasteiger partial charge in [0.2, 0.25) is 0 Å². The Bertz CT molecular complexity index is 523. The molecular weight excluding hydrogens is 292 g/mol. The number of rotatable bonds is 5. The van der Waals surface area contributed by atoms with Crippen LogP contribution in [0.1, 0.15) is 13.8 Å². The molecule has 0 N–H and O–H groups in total. The van der Waals surface area contributed by atoms with Crippen molar-refractivity contribution in [3.05, 3.63) is 40.9 Å². The maximum absolute atomic E-state index is 5.66. The quantitative estimate of drug-likeness (QED) is 0.762. The molecule has 2 aromatic rings. The Labute approximate surface area is 116 Å². The van der Waals surface area contributed by atoms with Crippen LogP contribution < -0.4 is 4.74 Å². The SMILES string of the molecule is CC(C)OCCOc1ccc2cc(Br)ccc2c1. The topological polar surface area (TPSA) is 18.5 Å². The van der Waals surface area contributed by atoms with Crippen LogP contribution in [-0.4, -0.2) is 19.3 Å². The van der Waals surface area contributed by atoms with Gasteiger partial charge in [-0.2, -0.15) is 0 Å². The van der Waals surface area contributed by atoms with E-state index in [0.29, 0.717) is 13.2 Å². The van der Waals surface area contributed by atoms with Crippen molar-refractivity contribution >= 4 is 26.7 Å². The number of hydrogen-bond donors (Lipinski definition) is 0. The van der Waals surface area contributed by atoms with Crippen molar-refractivity contribution in [2.24, 2.45) is 0 Å². The third kappa shape index (κ3) is 3.72. The highest BCUT2D eigenvalue weighted by Gasteiger charge is 1.99. The van der Waals surface area contributed by atoms with Crippen LogP contribution in [0.4, 0.5) is 0 Å². The Balaban J connectivity index is 1.99. The van der Waals surface area contributed by atoms with E-state index in [1.165, 1.54) is 10.8 Å². The molecule has 0 radical (unpaired) electrons. The average Bonchev–Trinajstić information content (AvgIpc) is 2.34. The molecule has 0 bridgehead atoms. The van der Waals surface area contributed by atoms with Gasteiger partial charge >= 0.3 is 0 Å². The van der Waals surface area contributed by atoms with Gasteiger partial charge < -0.3 is 9.47 Å². The van der Waals surface area contributed by atoms with Crippen molar-refractivity contribution in [1.29, 1.82) is 0 Å². The molecule has 0 saturated heterocycles. The fourth-order valence-electron chi connectivity index (χ4n) is 1.73. The number of benzene rings is 2. The van der Waals surface area contributed by atoms with Gasteiger partial charge in [0.05, 0.1) is 12.7 Å². The summed E-state index contributed by atoms with van der Waals surface area (Å²) in [5, 5.41) is 2.38. The van der Waals surface area contributed by atoms with Gasteiger partial charge in [-0.1, -0.05) is 28.1 Å². The molecule has 2 rings (SSSR count). The molecule has 0 aliphatic rings. The summed E-state index contributed by atoms with van der Waals surface area (Å²) in [6.07, 6.45) is 0.252. The van der Waals surface area contributed by atoms with Crippen molar-refractivity contribution in [3.8, 4) is 5.75 Å². The Morgan fingerprint density at radius 2 is 1.72 bits per heavy atom. The first-order chi connectivity index (χ1) is 8.65.